The molecule has 0 spiro atoms. The van der Waals surface area contributed by atoms with Crippen molar-refractivity contribution >= 4 is 23.7 Å². The maximum absolute atomic E-state index is 5.58. The molecule has 7 heteroatoms. The second-order valence-electron chi connectivity index (χ2n) is 4.79. The van der Waals surface area contributed by atoms with Crippen molar-refractivity contribution in [2.45, 2.75) is 32.1 Å². The summed E-state index contributed by atoms with van der Waals surface area (Å²) in [5, 5.41) is 3.55. The van der Waals surface area contributed by atoms with Crippen LogP contribution in [0.3, 0.4) is 0 Å². The molecule has 1 aliphatic heterocycles. The lowest BCUT2D eigenvalue weighted by atomic mass is 10.4. The standard InChI is InChI=1S/C12H21N5OS/c1-8(2)18-12-15-10(13-4)14-11(16-12)17-5-6-19-9(3)7-17/h8-9H,5-7H2,1-4H3,(H,13,14,15,16). The van der Waals surface area contributed by atoms with E-state index < -0.39 is 0 Å². The molecule has 0 aromatic carbocycles. The summed E-state index contributed by atoms with van der Waals surface area (Å²) >= 11 is 1.98. The van der Waals surface area contributed by atoms with Gasteiger partial charge in [-0.3, -0.25) is 0 Å². The van der Waals surface area contributed by atoms with Gasteiger partial charge in [-0.15, -0.1) is 0 Å². The first-order valence-corrected chi connectivity index (χ1v) is 7.60. The Kier molecular flexibility index (Phi) is 4.68. The smallest absolute Gasteiger partial charge is 0.323 e. The fourth-order valence-corrected chi connectivity index (χ4v) is 2.88. The molecule has 0 amide bonds. The van der Waals surface area contributed by atoms with Crippen molar-refractivity contribution in [3.8, 4) is 6.01 Å². The van der Waals surface area contributed by atoms with Crippen LogP contribution in [0, 0.1) is 0 Å². The van der Waals surface area contributed by atoms with E-state index >= 15 is 0 Å². The van der Waals surface area contributed by atoms with Gasteiger partial charge in [-0.2, -0.15) is 26.7 Å². The second kappa shape index (κ2) is 6.27. The van der Waals surface area contributed by atoms with Crippen molar-refractivity contribution in [2.24, 2.45) is 0 Å². The van der Waals surface area contributed by atoms with Crippen molar-refractivity contribution in [3.63, 3.8) is 0 Å². The lowest BCUT2D eigenvalue weighted by Gasteiger charge is -2.30. The first-order valence-electron chi connectivity index (χ1n) is 6.55. The van der Waals surface area contributed by atoms with Gasteiger partial charge < -0.3 is 15.0 Å². The molecule has 1 aromatic heterocycles. The monoisotopic (exact) mass is 283 g/mol. The Bertz CT molecular complexity index is 429. The second-order valence-corrected chi connectivity index (χ2v) is 6.33. The van der Waals surface area contributed by atoms with Crippen LogP contribution in [0.4, 0.5) is 11.9 Å². The molecule has 1 aliphatic rings. The maximum atomic E-state index is 5.58. The van der Waals surface area contributed by atoms with Gasteiger partial charge >= 0.3 is 6.01 Å². The number of anilines is 2. The Balaban J connectivity index is 2.22. The highest BCUT2D eigenvalue weighted by Gasteiger charge is 2.21. The van der Waals surface area contributed by atoms with E-state index in [0.717, 1.165) is 18.8 Å². The van der Waals surface area contributed by atoms with E-state index in [1.807, 2.05) is 25.6 Å². The van der Waals surface area contributed by atoms with E-state index in [1.54, 1.807) is 7.05 Å². The van der Waals surface area contributed by atoms with Crippen LogP contribution in [0.5, 0.6) is 6.01 Å². The van der Waals surface area contributed by atoms with Crippen LogP contribution in [-0.4, -0.2) is 52.2 Å². The molecule has 0 bridgehead atoms. The van der Waals surface area contributed by atoms with Crippen LogP contribution < -0.4 is 15.0 Å². The molecular weight excluding hydrogens is 262 g/mol. The van der Waals surface area contributed by atoms with Gasteiger partial charge in [0.1, 0.15) is 0 Å². The molecule has 1 atom stereocenters. The third-order valence-electron chi connectivity index (χ3n) is 2.69. The molecular formula is C12H21N5OS. The van der Waals surface area contributed by atoms with Gasteiger partial charge in [0.25, 0.3) is 0 Å². The van der Waals surface area contributed by atoms with Crippen LogP contribution >= 0.6 is 11.8 Å². The average Bonchev–Trinajstić information content (AvgIpc) is 2.37. The average molecular weight is 283 g/mol. The molecule has 1 N–H and O–H groups in total. The van der Waals surface area contributed by atoms with Gasteiger partial charge in [0.05, 0.1) is 6.10 Å². The number of nitrogens with one attached hydrogen (secondary N) is 1. The molecule has 1 aromatic rings. The van der Waals surface area contributed by atoms with Crippen molar-refractivity contribution in [1.29, 1.82) is 0 Å². The van der Waals surface area contributed by atoms with E-state index in [1.165, 1.54) is 0 Å². The molecule has 19 heavy (non-hydrogen) atoms. The van der Waals surface area contributed by atoms with Crippen molar-refractivity contribution in [1.82, 2.24) is 15.0 Å². The number of rotatable bonds is 4. The highest BCUT2D eigenvalue weighted by atomic mass is 32.2. The highest BCUT2D eigenvalue weighted by Crippen LogP contribution is 2.23. The summed E-state index contributed by atoms with van der Waals surface area (Å²) in [6, 6.07) is 0.384. The van der Waals surface area contributed by atoms with Crippen LogP contribution in [0.1, 0.15) is 20.8 Å². The minimum atomic E-state index is 0.0517. The molecule has 2 heterocycles. The Morgan fingerprint density at radius 1 is 1.37 bits per heavy atom. The fourth-order valence-electron chi connectivity index (χ4n) is 1.86. The Morgan fingerprint density at radius 3 is 2.79 bits per heavy atom. The molecule has 1 saturated heterocycles. The van der Waals surface area contributed by atoms with E-state index in [9.17, 15) is 0 Å². The number of ether oxygens (including phenoxy) is 1. The van der Waals surface area contributed by atoms with Gasteiger partial charge in [0.15, 0.2) is 0 Å². The van der Waals surface area contributed by atoms with Crippen molar-refractivity contribution < 1.29 is 4.74 Å². The molecule has 106 valence electrons. The quantitative estimate of drug-likeness (QED) is 0.901. The largest absolute Gasteiger partial charge is 0.461 e. The SMILES string of the molecule is CNc1nc(OC(C)C)nc(N2CCSC(C)C2)n1. The maximum Gasteiger partial charge on any atom is 0.323 e. The van der Waals surface area contributed by atoms with Gasteiger partial charge in [0.2, 0.25) is 11.9 Å². The molecule has 2 rings (SSSR count). The number of nitrogens with zero attached hydrogens (tertiary/aromatic N) is 4. The van der Waals surface area contributed by atoms with Gasteiger partial charge in [-0.25, -0.2) is 0 Å². The molecule has 0 aliphatic carbocycles. The Labute approximate surface area is 118 Å². The number of hydrogen-bond donors (Lipinski definition) is 1. The van der Waals surface area contributed by atoms with E-state index in [0.29, 0.717) is 23.2 Å². The minimum Gasteiger partial charge on any atom is -0.461 e. The van der Waals surface area contributed by atoms with Crippen LogP contribution in [0.25, 0.3) is 0 Å². The van der Waals surface area contributed by atoms with Gasteiger partial charge in [0, 0.05) is 31.1 Å². The molecule has 0 saturated carbocycles. The topological polar surface area (TPSA) is 63.2 Å². The van der Waals surface area contributed by atoms with Gasteiger partial charge in [-0.1, -0.05) is 6.92 Å². The summed E-state index contributed by atoms with van der Waals surface area (Å²) in [4.78, 5) is 15.2. The third kappa shape index (κ3) is 3.86. The van der Waals surface area contributed by atoms with Crippen LogP contribution in [0.15, 0.2) is 0 Å². The van der Waals surface area contributed by atoms with E-state index in [2.05, 4.69) is 32.1 Å². The van der Waals surface area contributed by atoms with Crippen molar-refractivity contribution in [2.75, 3.05) is 36.1 Å². The Hall–Kier alpha value is -1.24. The zero-order valence-electron chi connectivity index (χ0n) is 11.9. The first kappa shape index (κ1) is 14.2. The normalized spacial score (nSPS) is 19.6. The Morgan fingerprint density at radius 2 is 2.16 bits per heavy atom. The number of aromatic nitrogens is 3. The zero-order chi connectivity index (χ0) is 13.8. The van der Waals surface area contributed by atoms with E-state index in [-0.39, 0.29) is 6.10 Å². The molecule has 0 radical (unpaired) electrons. The number of hydrogen-bond acceptors (Lipinski definition) is 7. The summed E-state index contributed by atoms with van der Waals surface area (Å²) in [6.45, 7) is 8.06. The lowest BCUT2D eigenvalue weighted by molar-refractivity contribution is 0.222. The fraction of sp³-hybridized carbons (Fsp3) is 0.750. The van der Waals surface area contributed by atoms with E-state index in [4.69, 9.17) is 4.74 Å². The summed E-state index contributed by atoms with van der Waals surface area (Å²) in [6.07, 6.45) is 0.0517. The zero-order valence-corrected chi connectivity index (χ0v) is 12.7. The molecule has 6 nitrogen and oxygen atoms in total. The van der Waals surface area contributed by atoms with Crippen LogP contribution in [-0.2, 0) is 0 Å². The summed E-state index contributed by atoms with van der Waals surface area (Å²) in [7, 11) is 1.80. The van der Waals surface area contributed by atoms with Crippen LogP contribution in [0.2, 0.25) is 0 Å². The minimum absolute atomic E-state index is 0.0517. The third-order valence-corrected chi connectivity index (χ3v) is 3.83. The number of thioether (sulfide) groups is 1. The van der Waals surface area contributed by atoms with Gasteiger partial charge in [-0.05, 0) is 13.8 Å². The summed E-state index contributed by atoms with van der Waals surface area (Å²) in [5.41, 5.74) is 0. The highest BCUT2D eigenvalue weighted by molar-refractivity contribution is 8.00. The first-order chi connectivity index (χ1) is 9.08. The molecule has 1 unspecified atom stereocenters. The molecule has 1 fully saturated rings. The lowest BCUT2D eigenvalue weighted by Crippen LogP contribution is -2.38. The predicted octanol–water partition coefficient (Wildman–Crippen LogP) is 1.64. The van der Waals surface area contributed by atoms with Crippen molar-refractivity contribution in [3.05, 3.63) is 0 Å². The predicted molar refractivity (Wildman–Crippen MR) is 79.3 cm³/mol. The summed E-state index contributed by atoms with van der Waals surface area (Å²) in [5.74, 6) is 2.34. The summed E-state index contributed by atoms with van der Waals surface area (Å²) < 4.78 is 5.58.